The highest BCUT2D eigenvalue weighted by atomic mass is 19.1. The lowest BCUT2D eigenvalue weighted by atomic mass is 10.0. The maximum atomic E-state index is 14.2. The number of nitrogens with one attached hydrogen (secondary N) is 2. The molecule has 0 aliphatic carbocycles. The quantitative estimate of drug-likeness (QED) is 0.582. The Balaban J connectivity index is 1.62. The Bertz CT molecular complexity index is 1240. The number of hydrogen-bond acceptors (Lipinski definition) is 7. The number of nitrogen functional groups attached to an aromatic ring is 1. The van der Waals surface area contributed by atoms with Gasteiger partial charge in [0.15, 0.2) is 0 Å². The van der Waals surface area contributed by atoms with Gasteiger partial charge in [0.05, 0.1) is 22.5 Å². The van der Waals surface area contributed by atoms with Gasteiger partial charge in [-0.1, -0.05) is 0 Å². The third kappa shape index (κ3) is 4.45. The van der Waals surface area contributed by atoms with Crippen LogP contribution in [0.4, 0.5) is 20.7 Å². The average molecular weight is 471 g/mol. The van der Waals surface area contributed by atoms with E-state index in [9.17, 15) is 23.6 Å². The number of fused-ring (bicyclic) bond motifs is 1. The number of rotatable bonds is 3. The molecule has 3 amide bonds. The van der Waals surface area contributed by atoms with Crippen LogP contribution in [0.5, 0.6) is 0 Å². The Morgan fingerprint density at radius 2 is 1.79 bits per heavy atom. The van der Waals surface area contributed by atoms with Crippen LogP contribution >= 0.6 is 0 Å². The maximum Gasteiger partial charge on any atom is 0.407 e. The molecule has 4 N–H and O–H groups in total. The first-order chi connectivity index (χ1) is 15.9. The van der Waals surface area contributed by atoms with Gasteiger partial charge in [0.25, 0.3) is 17.4 Å². The number of nitrogens with two attached hydrogens (primary N) is 1. The highest BCUT2D eigenvalue weighted by Crippen LogP contribution is 2.31. The molecular weight excluding hydrogens is 445 g/mol. The summed E-state index contributed by atoms with van der Waals surface area (Å²) >= 11 is 0. The van der Waals surface area contributed by atoms with Crippen LogP contribution in [0.2, 0.25) is 0 Å². The maximum absolute atomic E-state index is 14.2. The summed E-state index contributed by atoms with van der Waals surface area (Å²) in [5.74, 6) is -2.24. The summed E-state index contributed by atoms with van der Waals surface area (Å²) < 4.78 is 20.6. The first kappa shape index (κ1) is 23.3. The number of imide groups is 1. The summed E-state index contributed by atoms with van der Waals surface area (Å²) in [5, 5.41) is 4.97. The number of nitrogens with zero attached hydrogens (tertiary/aromatic N) is 2. The van der Waals surface area contributed by atoms with Gasteiger partial charge >= 0.3 is 6.09 Å². The highest BCUT2D eigenvalue weighted by Gasteiger charge is 2.33. The number of piperidine rings is 1. The van der Waals surface area contributed by atoms with Gasteiger partial charge in [-0.25, -0.2) is 9.18 Å². The van der Waals surface area contributed by atoms with Gasteiger partial charge in [0.2, 0.25) is 0 Å². The van der Waals surface area contributed by atoms with Gasteiger partial charge < -0.3 is 20.7 Å². The van der Waals surface area contributed by atoms with Gasteiger partial charge in [-0.2, -0.15) is 0 Å². The molecule has 1 aromatic heterocycles. The molecule has 2 aliphatic rings. The van der Waals surface area contributed by atoms with Crippen LogP contribution in [0.1, 0.15) is 54.3 Å². The normalized spacial score (nSPS) is 16.3. The molecule has 180 valence electrons. The van der Waals surface area contributed by atoms with Crippen LogP contribution in [-0.4, -0.2) is 47.2 Å². The Labute approximate surface area is 194 Å². The van der Waals surface area contributed by atoms with Crippen LogP contribution in [0.25, 0.3) is 5.69 Å². The molecule has 0 saturated carbocycles. The zero-order valence-electron chi connectivity index (χ0n) is 19.1. The summed E-state index contributed by atoms with van der Waals surface area (Å²) in [5.41, 5.74) is 5.38. The van der Waals surface area contributed by atoms with E-state index in [1.165, 1.54) is 18.2 Å². The standard InChI is InChI=1S/C23H26FN5O5/c1-23(2,3)34-22(33)26-13-6-8-28(9-7-13)15-5-4-12(24)10-16(15)29-17(30)11-14-18(19(29)25)21(32)27-20(14)31/h4-5,10-11,13H,6-9,25H2,1-3H3,(H,26,33)(H,27,31,32). The van der Waals surface area contributed by atoms with Crippen LogP contribution in [0.15, 0.2) is 29.1 Å². The minimum Gasteiger partial charge on any atom is -0.444 e. The molecule has 0 spiro atoms. The fraction of sp³-hybridized carbons (Fsp3) is 0.391. The van der Waals surface area contributed by atoms with Crippen LogP contribution in [0.3, 0.4) is 0 Å². The van der Waals surface area contributed by atoms with Gasteiger partial charge in [0.1, 0.15) is 17.2 Å². The van der Waals surface area contributed by atoms with E-state index in [1.807, 2.05) is 4.90 Å². The molecule has 0 radical (unpaired) electrons. The summed E-state index contributed by atoms with van der Waals surface area (Å²) in [7, 11) is 0. The Hall–Kier alpha value is -3.89. The summed E-state index contributed by atoms with van der Waals surface area (Å²) in [6, 6.07) is 4.90. The van der Waals surface area contributed by atoms with Crippen molar-refractivity contribution in [2.75, 3.05) is 23.7 Å². The second kappa shape index (κ2) is 8.47. The van der Waals surface area contributed by atoms with Crippen molar-refractivity contribution in [1.82, 2.24) is 15.2 Å². The van der Waals surface area contributed by atoms with Crippen molar-refractivity contribution in [3.05, 3.63) is 51.6 Å². The van der Waals surface area contributed by atoms with E-state index in [1.54, 1.807) is 20.8 Å². The summed E-state index contributed by atoms with van der Waals surface area (Å²) in [6.07, 6.45) is 0.710. The molecule has 4 rings (SSSR count). The monoisotopic (exact) mass is 471 g/mol. The molecule has 10 nitrogen and oxygen atoms in total. The number of ether oxygens (including phenoxy) is 1. The minimum atomic E-state index is -0.710. The predicted octanol–water partition coefficient (Wildman–Crippen LogP) is 1.94. The van der Waals surface area contributed by atoms with E-state index in [2.05, 4.69) is 10.6 Å². The SMILES string of the molecule is CC(C)(C)OC(=O)NC1CCN(c2ccc(F)cc2-n2c(N)c3c(cc2=O)C(=O)NC3=O)CC1. The number of carbonyl (C=O) groups excluding carboxylic acids is 3. The van der Waals surface area contributed by atoms with E-state index >= 15 is 0 Å². The van der Waals surface area contributed by atoms with E-state index < -0.39 is 34.9 Å². The predicted molar refractivity (Wildman–Crippen MR) is 123 cm³/mol. The average Bonchev–Trinajstić information content (AvgIpc) is 3.01. The van der Waals surface area contributed by atoms with E-state index in [0.29, 0.717) is 31.6 Å². The number of pyridine rings is 1. The molecule has 0 atom stereocenters. The number of halogens is 1. The van der Waals surface area contributed by atoms with Crippen molar-refractivity contribution >= 4 is 29.4 Å². The van der Waals surface area contributed by atoms with E-state index in [-0.39, 0.29) is 28.7 Å². The number of carbonyl (C=O) groups is 3. The molecule has 34 heavy (non-hydrogen) atoms. The van der Waals surface area contributed by atoms with Crippen LogP contribution < -0.4 is 26.8 Å². The molecule has 0 bridgehead atoms. The van der Waals surface area contributed by atoms with Crippen molar-refractivity contribution in [3.8, 4) is 5.69 Å². The minimum absolute atomic E-state index is 0.0995. The van der Waals surface area contributed by atoms with Crippen molar-refractivity contribution in [1.29, 1.82) is 0 Å². The molecule has 1 aromatic carbocycles. The Morgan fingerprint density at radius 3 is 2.44 bits per heavy atom. The third-order valence-electron chi connectivity index (χ3n) is 5.69. The molecular formula is C23H26FN5O5. The van der Waals surface area contributed by atoms with Crippen molar-refractivity contribution in [2.24, 2.45) is 0 Å². The second-order valence-corrected chi connectivity index (χ2v) is 9.32. The first-order valence-corrected chi connectivity index (χ1v) is 10.9. The molecule has 1 fully saturated rings. The van der Waals surface area contributed by atoms with Gasteiger partial charge in [0, 0.05) is 31.3 Å². The zero-order chi connectivity index (χ0) is 24.8. The fourth-order valence-electron chi connectivity index (χ4n) is 4.21. The van der Waals surface area contributed by atoms with Crippen molar-refractivity contribution < 1.29 is 23.5 Å². The first-order valence-electron chi connectivity index (χ1n) is 10.9. The topological polar surface area (TPSA) is 136 Å². The van der Waals surface area contributed by atoms with E-state index in [0.717, 1.165) is 10.6 Å². The zero-order valence-corrected chi connectivity index (χ0v) is 19.1. The molecule has 2 aliphatic heterocycles. The Kier molecular flexibility index (Phi) is 5.80. The fourth-order valence-corrected chi connectivity index (χ4v) is 4.21. The molecule has 1 saturated heterocycles. The smallest absolute Gasteiger partial charge is 0.407 e. The van der Waals surface area contributed by atoms with Gasteiger partial charge in [-0.15, -0.1) is 0 Å². The molecule has 11 heteroatoms. The lowest BCUT2D eigenvalue weighted by Gasteiger charge is -2.35. The lowest BCUT2D eigenvalue weighted by molar-refractivity contribution is 0.0496. The van der Waals surface area contributed by atoms with Gasteiger partial charge in [-0.3, -0.25) is 24.3 Å². The van der Waals surface area contributed by atoms with Gasteiger partial charge in [-0.05, 0) is 45.7 Å². The summed E-state index contributed by atoms with van der Waals surface area (Å²) in [4.78, 5) is 51.0. The second-order valence-electron chi connectivity index (χ2n) is 9.32. The molecule has 2 aromatic rings. The largest absolute Gasteiger partial charge is 0.444 e. The number of alkyl carbamates (subject to hydrolysis) is 1. The van der Waals surface area contributed by atoms with Crippen LogP contribution in [0, 0.1) is 5.82 Å². The number of anilines is 2. The summed E-state index contributed by atoms with van der Waals surface area (Å²) in [6.45, 7) is 6.39. The van der Waals surface area contributed by atoms with E-state index in [4.69, 9.17) is 10.5 Å². The Morgan fingerprint density at radius 1 is 1.12 bits per heavy atom. The number of amides is 3. The van der Waals surface area contributed by atoms with Crippen LogP contribution in [-0.2, 0) is 4.74 Å². The third-order valence-corrected chi connectivity index (χ3v) is 5.69. The lowest BCUT2D eigenvalue weighted by Crippen LogP contribution is -2.46. The van der Waals surface area contributed by atoms with Crippen molar-refractivity contribution in [3.63, 3.8) is 0 Å². The molecule has 3 heterocycles. The molecule has 0 unspecified atom stereocenters. The number of benzene rings is 1. The highest BCUT2D eigenvalue weighted by molar-refractivity contribution is 6.23. The van der Waals surface area contributed by atoms with Crippen molar-refractivity contribution in [2.45, 2.75) is 45.3 Å². The number of hydrogen-bond donors (Lipinski definition) is 3. The number of aromatic nitrogens is 1.